The summed E-state index contributed by atoms with van der Waals surface area (Å²) in [5.74, 6) is 2.04. The highest BCUT2D eigenvalue weighted by Crippen LogP contribution is 2.33. The van der Waals surface area contributed by atoms with Crippen LogP contribution in [-0.4, -0.2) is 24.0 Å². The molecule has 0 spiro atoms. The Labute approximate surface area is 99.6 Å². The lowest BCUT2D eigenvalue weighted by molar-refractivity contribution is 0.0796. The first kappa shape index (κ1) is 11.9. The lowest BCUT2D eigenvalue weighted by atomic mass is 9.79. The molecule has 2 fully saturated rings. The van der Waals surface area contributed by atoms with Gasteiger partial charge in [-0.25, -0.2) is 0 Å². The third kappa shape index (κ3) is 2.77. The van der Waals surface area contributed by atoms with Crippen molar-refractivity contribution in [2.45, 2.75) is 52.0 Å². The van der Waals surface area contributed by atoms with Gasteiger partial charge >= 0.3 is 0 Å². The average Bonchev–Trinajstić information content (AvgIpc) is 2.28. The van der Waals surface area contributed by atoms with Crippen LogP contribution < -0.4 is 0 Å². The summed E-state index contributed by atoms with van der Waals surface area (Å²) >= 11 is 0. The summed E-state index contributed by atoms with van der Waals surface area (Å²) in [5.41, 5.74) is 0. The van der Waals surface area contributed by atoms with Crippen molar-refractivity contribution >= 4 is 0 Å². The maximum Gasteiger partial charge on any atom is 0.0669 e. The molecule has 0 aromatic heterocycles. The normalized spacial score (nSPS) is 41.6. The van der Waals surface area contributed by atoms with Crippen molar-refractivity contribution in [3.8, 4) is 6.07 Å². The highest BCUT2D eigenvalue weighted by atomic mass is 15.2. The molecular weight excluding hydrogens is 196 g/mol. The highest BCUT2D eigenvalue weighted by molar-refractivity contribution is 4.92. The zero-order chi connectivity index (χ0) is 11.5. The Morgan fingerprint density at radius 3 is 2.44 bits per heavy atom. The summed E-state index contributed by atoms with van der Waals surface area (Å²) < 4.78 is 0. The number of nitrogens with zero attached hydrogens (tertiary/aromatic N) is 2. The standard InChI is InChI=1S/C14H24N2/c1-11-6-12(2)8-14(7-11)16-5-3-4-13(9-15)10-16/h11-14H,3-8,10H2,1-2H3. The SMILES string of the molecule is CC1CC(C)CC(N2CCCC(C#N)C2)C1. The van der Waals surface area contributed by atoms with E-state index in [0.717, 1.165) is 30.8 Å². The summed E-state index contributed by atoms with van der Waals surface area (Å²) in [5, 5.41) is 9.03. The van der Waals surface area contributed by atoms with Gasteiger partial charge in [-0.2, -0.15) is 5.26 Å². The summed E-state index contributed by atoms with van der Waals surface area (Å²) in [7, 11) is 0. The van der Waals surface area contributed by atoms with Crippen molar-refractivity contribution in [3.05, 3.63) is 0 Å². The first-order valence-corrected chi connectivity index (χ1v) is 6.82. The van der Waals surface area contributed by atoms with Gasteiger partial charge in [0.1, 0.15) is 0 Å². The van der Waals surface area contributed by atoms with Gasteiger partial charge in [-0.1, -0.05) is 13.8 Å². The van der Waals surface area contributed by atoms with E-state index in [-0.39, 0.29) is 0 Å². The van der Waals surface area contributed by atoms with Crippen molar-refractivity contribution < 1.29 is 0 Å². The number of piperidine rings is 1. The molecule has 1 aliphatic carbocycles. The fourth-order valence-corrected chi connectivity index (χ4v) is 3.65. The van der Waals surface area contributed by atoms with Crippen LogP contribution in [0.5, 0.6) is 0 Å². The third-order valence-corrected chi connectivity index (χ3v) is 4.31. The van der Waals surface area contributed by atoms with E-state index in [1.54, 1.807) is 0 Å². The molecule has 0 radical (unpaired) electrons. The molecule has 2 nitrogen and oxygen atoms in total. The minimum absolute atomic E-state index is 0.293. The Kier molecular flexibility index (Phi) is 3.86. The number of nitriles is 1. The number of rotatable bonds is 1. The number of likely N-dealkylation sites (tertiary alicyclic amines) is 1. The van der Waals surface area contributed by atoms with Gasteiger partial charge in [0.25, 0.3) is 0 Å². The van der Waals surface area contributed by atoms with E-state index >= 15 is 0 Å². The van der Waals surface area contributed by atoms with Gasteiger partial charge in [-0.3, -0.25) is 4.90 Å². The maximum atomic E-state index is 9.03. The van der Waals surface area contributed by atoms with Gasteiger partial charge in [-0.15, -0.1) is 0 Å². The van der Waals surface area contributed by atoms with Crippen molar-refractivity contribution in [1.29, 1.82) is 5.26 Å². The number of hydrogen-bond acceptors (Lipinski definition) is 2. The zero-order valence-electron chi connectivity index (χ0n) is 10.7. The van der Waals surface area contributed by atoms with Crippen LogP contribution in [0.1, 0.15) is 46.0 Å². The molecule has 0 aromatic rings. The Balaban J connectivity index is 1.93. The lowest BCUT2D eigenvalue weighted by Crippen LogP contribution is -2.45. The van der Waals surface area contributed by atoms with Crippen LogP contribution in [0.15, 0.2) is 0 Å². The minimum atomic E-state index is 0.293. The van der Waals surface area contributed by atoms with E-state index in [1.165, 1.54) is 32.2 Å². The van der Waals surface area contributed by atoms with Crippen molar-refractivity contribution in [3.63, 3.8) is 0 Å². The monoisotopic (exact) mass is 220 g/mol. The molecule has 3 atom stereocenters. The summed E-state index contributed by atoms with van der Waals surface area (Å²) in [6.07, 6.45) is 6.43. The molecule has 2 heteroatoms. The molecular formula is C14H24N2. The first-order valence-electron chi connectivity index (χ1n) is 6.82. The van der Waals surface area contributed by atoms with Crippen LogP contribution in [0.4, 0.5) is 0 Å². The van der Waals surface area contributed by atoms with Gasteiger partial charge in [0.05, 0.1) is 12.0 Å². The average molecular weight is 220 g/mol. The maximum absolute atomic E-state index is 9.03. The molecule has 0 N–H and O–H groups in total. The smallest absolute Gasteiger partial charge is 0.0669 e. The molecule has 1 saturated carbocycles. The van der Waals surface area contributed by atoms with E-state index in [4.69, 9.17) is 5.26 Å². The van der Waals surface area contributed by atoms with Crippen LogP contribution in [0.3, 0.4) is 0 Å². The molecule has 0 amide bonds. The molecule has 1 aliphatic heterocycles. The van der Waals surface area contributed by atoms with Gasteiger partial charge in [0.15, 0.2) is 0 Å². The van der Waals surface area contributed by atoms with Crippen LogP contribution in [0, 0.1) is 29.1 Å². The van der Waals surface area contributed by atoms with Crippen LogP contribution in [0.25, 0.3) is 0 Å². The Bertz CT molecular complexity index is 258. The van der Waals surface area contributed by atoms with E-state index in [1.807, 2.05) is 0 Å². The molecule has 90 valence electrons. The van der Waals surface area contributed by atoms with Crippen molar-refractivity contribution in [2.24, 2.45) is 17.8 Å². The molecule has 1 heterocycles. The fourth-order valence-electron chi connectivity index (χ4n) is 3.65. The van der Waals surface area contributed by atoms with E-state index in [2.05, 4.69) is 24.8 Å². The second-order valence-electron chi connectivity index (χ2n) is 6.03. The Hall–Kier alpha value is -0.550. The predicted octanol–water partition coefficient (Wildman–Crippen LogP) is 3.05. The van der Waals surface area contributed by atoms with Gasteiger partial charge in [0.2, 0.25) is 0 Å². The Morgan fingerprint density at radius 2 is 1.81 bits per heavy atom. The van der Waals surface area contributed by atoms with Crippen LogP contribution >= 0.6 is 0 Å². The topological polar surface area (TPSA) is 27.0 Å². The quantitative estimate of drug-likeness (QED) is 0.679. The molecule has 0 aromatic carbocycles. The van der Waals surface area contributed by atoms with Crippen LogP contribution in [0.2, 0.25) is 0 Å². The molecule has 1 saturated heterocycles. The third-order valence-electron chi connectivity index (χ3n) is 4.31. The molecule has 2 rings (SSSR count). The van der Waals surface area contributed by atoms with E-state index in [9.17, 15) is 0 Å². The predicted molar refractivity (Wildman–Crippen MR) is 65.9 cm³/mol. The molecule has 0 bridgehead atoms. The van der Waals surface area contributed by atoms with Crippen molar-refractivity contribution in [2.75, 3.05) is 13.1 Å². The summed E-state index contributed by atoms with van der Waals surface area (Å²) in [6.45, 7) is 7.02. The molecule has 3 unspecified atom stereocenters. The summed E-state index contributed by atoms with van der Waals surface area (Å²) in [4.78, 5) is 2.60. The second-order valence-corrected chi connectivity index (χ2v) is 6.03. The van der Waals surface area contributed by atoms with E-state index in [0.29, 0.717) is 5.92 Å². The van der Waals surface area contributed by atoms with Gasteiger partial charge < -0.3 is 0 Å². The molecule has 16 heavy (non-hydrogen) atoms. The zero-order valence-corrected chi connectivity index (χ0v) is 10.7. The second kappa shape index (κ2) is 5.19. The molecule has 2 aliphatic rings. The minimum Gasteiger partial charge on any atom is -0.299 e. The largest absolute Gasteiger partial charge is 0.299 e. The summed E-state index contributed by atoms with van der Waals surface area (Å²) in [6, 6.07) is 3.21. The fraction of sp³-hybridized carbons (Fsp3) is 0.929. The van der Waals surface area contributed by atoms with Crippen LogP contribution in [-0.2, 0) is 0 Å². The number of hydrogen-bond donors (Lipinski definition) is 0. The highest BCUT2D eigenvalue weighted by Gasteiger charge is 2.31. The first-order chi connectivity index (χ1) is 7.69. The Morgan fingerprint density at radius 1 is 1.12 bits per heavy atom. The van der Waals surface area contributed by atoms with Gasteiger partial charge in [-0.05, 0) is 50.5 Å². The van der Waals surface area contributed by atoms with Gasteiger partial charge in [0, 0.05) is 12.6 Å². The lowest BCUT2D eigenvalue weighted by Gasteiger charge is -2.42. The van der Waals surface area contributed by atoms with E-state index < -0.39 is 0 Å². The van der Waals surface area contributed by atoms with Crippen molar-refractivity contribution in [1.82, 2.24) is 4.90 Å².